The van der Waals surface area contributed by atoms with E-state index in [1.165, 1.54) is 12.1 Å². The molecule has 1 aliphatic heterocycles. The van der Waals surface area contributed by atoms with Crippen molar-refractivity contribution < 1.29 is 18.0 Å². The van der Waals surface area contributed by atoms with Crippen LogP contribution in [0, 0.1) is 0 Å². The lowest BCUT2D eigenvalue weighted by molar-refractivity contribution is -0.137. The maximum absolute atomic E-state index is 12.9. The molecule has 29 heavy (non-hydrogen) atoms. The van der Waals surface area contributed by atoms with Crippen LogP contribution in [0.4, 0.5) is 23.7 Å². The first kappa shape index (κ1) is 21.6. The van der Waals surface area contributed by atoms with E-state index in [1.54, 1.807) is 4.90 Å². The van der Waals surface area contributed by atoms with E-state index in [9.17, 15) is 18.0 Å². The van der Waals surface area contributed by atoms with Gasteiger partial charge in [0.15, 0.2) is 0 Å². The van der Waals surface area contributed by atoms with Crippen LogP contribution >= 0.6 is 15.9 Å². The van der Waals surface area contributed by atoms with Crippen molar-refractivity contribution in [2.75, 3.05) is 25.0 Å². The summed E-state index contributed by atoms with van der Waals surface area (Å²) in [4.78, 5) is 14.7. The first-order valence-corrected chi connectivity index (χ1v) is 10.3. The molecule has 0 spiro atoms. The molecular formula is C21H23BrF3N3O. The van der Waals surface area contributed by atoms with Crippen molar-refractivity contribution in [3.63, 3.8) is 0 Å². The van der Waals surface area contributed by atoms with E-state index in [1.807, 2.05) is 24.3 Å². The first-order valence-electron chi connectivity index (χ1n) is 9.53. The Morgan fingerprint density at radius 3 is 2.28 bits per heavy atom. The number of carbonyl (C=O) groups excluding carboxylic acids is 1. The highest BCUT2D eigenvalue weighted by Crippen LogP contribution is 2.30. The van der Waals surface area contributed by atoms with E-state index >= 15 is 0 Å². The van der Waals surface area contributed by atoms with E-state index < -0.39 is 11.7 Å². The Hall–Kier alpha value is -2.06. The van der Waals surface area contributed by atoms with Crippen LogP contribution in [-0.2, 0) is 12.6 Å². The van der Waals surface area contributed by atoms with Crippen molar-refractivity contribution in [1.29, 1.82) is 0 Å². The van der Waals surface area contributed by atoms with Gasteiger partial charge in [-0.1, -0.05) is 28.1 Å². The SMILES string of the molecule is O=C(Nc1ccc(C(F)(F)F)cc1)N(CCc1ccc(Br)cc1)C1CCNCC1. The minimum absolute atomic E-state index is 0.0983. The summed E-state index contributed by atoms with van der Waals surface area (Å²) in [7, 11) is 0. The zero-order valence-corrected chi connectivity index (χ0v) is 17.4. The molecule has 2 N–H and O–H groups in total. The number of nitrogens with one attached hydrogen (secondary N) is 2. The second-order valence-corrected chi connectivity index (χ2v) is 7.97. The third-order valence-corrected chi connectivity index (χ3v) is 5.56. The van der Waals surface area contributed by atoms with Gasteiger partial charge in [0.05, 0.1) is 5.56 Å². The van der Waals surface area contributed by atoms with Gasteiger partial charge in [0.1, 0.15) is 0 Å². The number of hydrogen-bond donors (Lipinski definition) is 2. The summed E-state index contributed by atoms with van der Waals surface area (Å²) in [6.07, 6.45) is -1.99. The maximum Gasteiger partial charge on any atom is 0.416 e. The number of nitrogens with zero attached hydrogens (tertiary/aromatic N) is 1. The van der Waals surface area contributed by atoms with E-state index in [0.717, 1.165) is 48.1 Å². The quantitative estimate of drug-likeness (QED) is 0.624. The molecule has 0 atom stereocenters. The van der Waals surface area contributed by atoms with Gasteiger partial charge < -0.3 is 15.5 Å². The molecule has 1 fully saturated rings. The summed E-state index contributed by atoms with van der Waals surface area (Å²) in [6.45, 7) is 2.22. The fourth-order valence-corrected chi connectivity index (χ4v) is 3.67. The van der Waals surface area contributed by atoms with Gasteiger partial charge in [0.25, 0.3) is 0 Å². The largest absolute Gasteiger partial charge is 0.416 e. The van der Waals surface area contributed by atoms with Crippen LogP contribution in [-0.4, -0.2) is 36.6 Å². The molecule has 0 radical (unpaired) electrons. The summed E-state index contributed by atoms with van der Waals surface area (Å²) in [6, 6.07) is 12.3. The Bertz CT molecular complexity index is 803. The highest BCUT2D eigenvalue weighted by molar-refractivity contribution is 9.10. The first-order chi connectivity index (χ1) is 13.8. The molecule has 0 unspecified atom stereocenters. The van der Waals surface area contributed by atoms with Crippen molar-refractivity contribution >= 4 is 27.6 Å². The third-order valence-electron chi connectivity index (χ3n) is 5.03. The van der Waals surface area contributed by atoms with Gasteiger partial charge in [-0.15, -0.1) is 0 Å². The number of hydrogen-bond acceptors (Lipinski definition) is 2. The summed E-state index contributed by atoms with van der Waals surface area (Å²) < 4.78 is 39.2. The molecule has 2 aromatic rings. The molecular weight excluding hydrogens is 447 g/mol. The monoisotopic (exact) mass is 469 g/mol. The molecule has 0 saturated carbocycles. The Morgan fingerprint density at radius 1 is 1.07 bits per heavy atom. The molecule has 8 heteroatoms. The lowest BCUT2D eigenvalue weighted by Gasteiger charge is -2.34. The van der Waals surface area contributed by atoms with Crippen LogP contribution in [0.3, 0.4) is 0 Å². The maximum atomic E-state index is 12.9. The molecule has 1 saturated heterocycles. The second-order valence-electron chi connectivity index (χ2n) is 7.06. The highest BCUT2D eigenvalue weighted by atomic mass is 79.9. The van der Waals surface area contributed by atoms with Crippen LogP contribution in [0.2, 0.25) is 0 Å². The summed E-state index contributed by atoms with van der Waals surface area (Å²) in [5.41, 5.74) is 0.737. The predicted molar refractivity (Wildman–Crippen MR) is 111 cm³/mol. The Labute approximate surface area is 176 Å². The lowest BCUT2D eigenvalue weighted by Crippen LogP contribution is -2.48. The van der Waals surface area contributed by atoms with Crippen LogP contribution in [0.1, 0.15) is 24.0 Å². The molecule has 1 heterocycles. The summed E-state index contributed by atoms with van der Waals surface area (Å²) >= 11 is 3.41. The normalized spacial score (nSPS) is 15.2. The zero-order chi connectivity index (χ0) is 20.9. The third kappa shape index (κ3) is 6.21. The van der Waals surface area contributed by atoms with Gasteiger partial charge in [0.2, 0.25) is 0 Å². The van der Waals surface area contributed by atoms with Crippen LogP contribution in [0.5, 0.6) is 0 Å². The van der Waals surface area contributed by atoms with Crippen LogP contribution < -0.4 is 10.6 Å². The fraction of sp³-hybridized carbons (Fsp3) is 0.381. The molecule has 4 nitrogen and oxygen atoms in total. The van der Waals surface area contributed by atoms with Gasteiger partial charge >= 0.3 is 12.2 Å². The Balaban J connectivity index is 1.68. The average Bonchev–Trinajstić information content (AvgIpc) is 2.70. The number of amides is 2. The minimum Gasteiger partial charge on any atom is -0.321 e. The van der Waals surface area contributed by atoms with E-state index in [2.05, 4.69) is 26.6 Å². The smallest absolute Gasteiger partial charge is 0.321 e. The average molecular weight is 470 g/mol. The minimum atomic E-state index is -4.39. The van der Waals surface area contributed by atoms with E-state index in [4.69, 9.17) is 0 Å². The van der Waals surface area contributed by atoms with Crippen LogP contribution in [0.25, 0.3) is 0 Å². The predicted octanol–water partition coefficient (Wildman–Crippen LogP) is 5.30. The van der Waals surface area contributed by atoms with Gasteiger partial charge in [-0.3, -0.25) is 0 Å². The van der Waals surface area contributed by atoms with Gasteiger partial charge in [-0.05, 0) is 74.3 Å². The van der Waals surface area contributed by atoms with Crippen molar-refractivity contribution in [1.82, 2.24) is 10.2 Å². The standard InChI is InChI=1S/C21H23BrF3N3O/c22-17-5-1-15(2-6-17)11-14-28(19-9-12-26-13-10-19)20(29)27-18-7-3-16(4-8-18)21(23,24)25/h1-8,19,26H,9-14H2,(H,27,29). The molecule has 3 rings (SSSR count). The molecule has 2 amide bonds. The van der Waals surface area contributed by atoms with Gasteiger partial charge in [-0.2, -0.15) is 13.2 Å². The zero-order valence-electron chi connectivity index (χ0n) is 15.8. The number of halogens is 4. The Morgan fingerprint density at radius 2 is 1.69 bits per heavy atom. The molecule has 0 aliphatic carbocycles. The molecule has 2 aromatic carbocycles. The van der Waals surface area contributed by atoms with Crippen LogP contribution in [0.15, 0.2) is 53.0 Å². The number of carbonyl (C=O) groups is 1. The molecule has 0 aromatic heterocycles. The molecule has 1 aliphatic rings. The topological polar surface area (TPSA) is 44.4 Å². The van der Waals surface area contributed by atoms with Crippen molar-refractivity contribution in [3.05, 3.63) is 64.1 Å². The summed E-state index contributed by atoms with van der Waals surface area (Å²) in [5.74, 6) is 0. The lowest BCUT2D eigenvalue weighted by atomic mass is 10.0. The Kier molecular flexibility index (Phi) is 7.18. The van der Waals surface area contributed by atoms with E-state index in [0.29, 0.717) is 18.7 Å². The summed E-state index contributed by atoms with van der Waals surface area (Å²) in [5, 5.41) is 6.04. The molecule has 0 bridgehead atoms. The number of anilines is 1. The number of rotatable bonds is 5. The highest BCUT2D eigenvalue weighted by Gasteiger charge is 2.30. The number of urea groups is 1. The van der Waals surface area contributed by atoms with E-state index in [-0.39, 0.29) is 12.1 Å². The van der Waals surface area contributed by atoms with Crippen molar-refractivity contribution in [3.8, 4) is 0 Å². The number of benzene rings is 2. The second kappa shape index (κ2) is 9.63. The van der Waals surface area contributed by atoms with Gasteiger partial charge in [0, 0.05) is 22.7 Å². The van der Waals surface area contributed by atoms with Crippen molar-refractivity contribution in [2.24, 2.45) is 0 Å². The van der Waals surface area contributed by atoms with Gasteiger partial charge in [-0.25, -0.2) is 4.79 Å². The molecule has 156 valence electrons. The van der Waals surface area contributed by atoms with Crippen molar-refractivity contribution in [2.45, 2.75) is 31.5 Å². The number of alkyl halides is 3. The number of piperidine rings is 1. The fourth-order valence-electron chi connectivity index (χ4n) is 3.41.